The lowest BCUT2D eigenvalue weighted by molar-refractivity contribution is -0.143. The monoisotopic (exact) mass is 2180 g/mol. The molecule has 2 aliphatic heterocycles. The first-order valence-electron chi connectivity index (χ1n) is 49.2. The second-order valence-corrected chi connectivity index (χ2v) is 40.3. The van der Waals surface area contributed by atoms with Crippen molar-refractivity contribution in [2.45, 2.75) is 254 Å². The number of amides is 20. The molecule has 4 heterocycles. The number of rotatable bonds is 64. The molecule has 2 aromatic carbocycles. The molecule has 17 atom stereocenters. The summed E-state index contributed by atoms with van der Waals surface area (Å²) in [4.78, 5) is 305. The number of aliphatic hydroxyl groups excluding tert-OH is 1. The summed E-state index contributed by atoms with van der Waals surface area (Å²) < 4.78 is 0. The molecular weight excluding hydrogens is 2030 g/mol. The Kier molecular flexibility index (Phi) is 52.9. The van der Waals surface area contributed by atoms with E-state index in [0.29, 0.717) is 27.7 Å². The maximum Gasteiger partial charge on any atom is 0.322 e. The first-order chi connectivity index (χ1) is 71.1. The number of imidazole rings is 1. The number of aromatic amines is 2. The Morgan fingerprint density at radius 1 is 0.487 bits per heavy atom. The van der Waals surface area contributed by atoms with Gasteiger partial charge in [0.15, 0.2) is 5.96 Å². The zero-order valence-corrected chi connectivity index (χ0v) is 88.9. The molecule has 20 amide bonds. The fourth-order valence-corrected chi connectivity index (χ4v) is 17.8. The third kappa shape index (κ3) is 41.4. The Labute approximate surface area is 887 Å². The zero-order chi connectivity index (χ0) is 111. The molecule has 2 fully saturated rings. The van der Waals surface area contributed by atoms with E-state index in [-0.39, 0.29) is 144 Å². The van der Waals surface area contributed by atoms with Gasteiger partial charge in [0, 0.05) is 85.8 Å². The third-order valence-electron chi connectivity index (χ3n) is 24.3. The molecule has 0 radical (unpaired) electrons. The summed E-state index contributed by atoms with van der Waals surface area (Å²) in [6.45, 7) is 10.3. The highest BCUT2D eigenvalue weighted by atomic mass is 32.2. The molecule has 2 aliphatic rings. The summed E-state index contributed by atoms with van der Waals surface area (Å²) in [6, 6.07) is -10.5. The molecule has 828 valence electrons. The Hall–Kier alpha value is -13.5. The molecule has 51 nitrogen and oxygen atoms in total. The lowest BCUT2D eigenvalue weighted by atomic mass is 9.99. The summed E-state index contributed by atoms with van der Waals surface area (Å²) in [6.07, 6.45) is 5.21. The van der Waals surface area contributed by atoms with Crippen LogP contribution in [0.1, 0.15) is 149 Å². The minimum atomic E-state index is -1.86. The van der Waals surface area contributed by atoms with Crippen LogP contribution in [0.4, 0.5) is 0 Å². The van der Waals surface area contributed by atoms with Crippen LogP contribution in [0.5, 0.6) is 5.75 Å². The summed E-state index contributed by atoms with van der Waals surface area (Å²) in [5.41, 5.74) is 18.2. The number of nitrogens with one attached hydrogen (secondary N) is 21. The number of aromatic nitrogens is 3. The van der Waals surface area contributed by atoms with Crippen LogP contribution >= 0.6 is 48.8 Å². The second kappa shape index (κ2) is 63.4. The van der Waals surface area contributed by atoms with E-state index in [1.807, 2.05) is 0 Å². The topological polar surface area (TPSA) is 789 Å². The van der Waals surface area contributed by atoms with Crippen molar-refractivity contribution in [2.24, 2.45) is 35.0 Å². The van der Waals surface area contributed by atoms with E-state index >= 15 is 4.79 Å². The summed E-state index contributed by atoms with van der Waals surface area (Å²) in [5, 5.41) is 84.8. The number of benzene rings is 2. The number of carboxylic acids is 1. The highest BCUT2D eigenvalue weighted by molar-refractivity contribution is 7.98. The van der Waals surface area contributed by atoms with Crippen molar-refractivity contribution in [1.82, 2.24) is 120 Å². The largest absolute Gasteiger partial charge is 0.508 e. The zero-order valence-electron chi connectivity index (χ0n) is 85.5. The van der Waals surface area contributed by atoms with Gasteiger partial charge in [0.05, 0.1) is 32.1 Å². The second-order valence-electron chi connectivity index (χ2n) is 37.6. The van der Waals surface area contributed by atoms with E-state index in [2.05, 4.69) is 136 Å². The number of nitrogens with two attached hydrogens (primary N) is 3. The number of fused-ring (bicyclic) bond motifs is 1. The third-order valence-corrected chi connectivity index (χ3v) is 26.3. The molecule has 2 saturated heterocycles. The standard InChI is InChI=1S/C95H145N27O24S4/c1-48(2)34-63(108-74(127)42-103-73(126)39-96)84(136)113-65(36-53-21-23-56(124)24-22-53)83(135)107-51(7)79(131)117-68(45-147)89(141)114-67(38-55-41-100-47-106-55)86(138)110-60(27-32-149-9)81(133)104-43-75(128)121-30-14-19-70(121)90(142)111-61(28-33-150-10)82(134)120-78(52(8)123)93(145)116-66(37-54-40-102-58-17-12-11-16-57(54)58)87(139)119-77(50(5)6)92(144)118-69(46-148)88(140)112-62(25-26-72(97)125)94(146)122-31-15-20-71(122)91(143)115-64(35-49(3)4)85(137)109-59(18-13-29-101-95(98)99)80(132)105-44-76(129)130/h11-12,16-17,21-24,40-41,47-52,59-71,77-78,102,123-124,147-148H,13-15,18-20,25-39,42-46,96H2,1-10H3,(H2,97,125)(H,100,106)(H,103,126)(H,104,133)(H,105,132)(H,107,135)(H,108,127)(H,109,137)(H,110,138)(H,111,142)(H,112,140)(H,113,136)(H,114,141)(H,115,143)(H,116,145)(H,117,131)(H,118,144)(H,119,139)(H,120,134)(H,129,130)(H4,98,99,101)/t51-,52+,59-,60-,61-,62-,63-,64-,65-,66-,67-,68-,69-,70-,71-,77-,78-/m0/s1. The number of thiol groups is 2. The van der Waals surface area contributed by atoms with Gasteiger partial charge in [0.2, 0.25) is 118 Å². The van der Waals surface area contributed by atoms with Crippen LogP contribution in [-0.4, -0.2) is 354 Å². The number of hydrogen-bond acceptors (Lipinski definition) is 30. The Balaban J connectivity index is 1.12. The number of guanidine groups is 1. The van der Waals surface area contributed by atoms with E-state index in [0.717, 1.165) is 4.90 Å². The van der Waals surface area contributed by atoms with Gasteiger partial charge in [0.25, 0.3) is 0 Å². The predicted octanol–water partition coefficient (Wildman–Crippen LogP) is -6.17. The van der Waals surface area contributed by atoms with E-state index in [9.17, 15) is 111 Å². The lowest BCUT2D eigenvalue weighted by Crippen LogP contribution is -2.62. The van der Waals surface area contributed by atoms with Gasteiger partial charge in [-0.2, -0.15) is 48.8 Å². The van der Waals surface area contributed by atoms with Gasteiger partial charge in [-0.25, -0.2) is 4.98 Å². The molecule has 4 aromatic rings. The number of primary amides is 1. The number of hydrogen-bond donors (Lipinski definition) is 29. The van der Waals surface area contributed by atoms with Crippen molar-refractivity contribution in [3.05, 3.63) is 84.1 Å². The van der Waals surface area contributed by atoms with Gasteiger partial charge in [-0.15, -0.1) is 0 Å². The molecule has 0 aliphatic carbocycles. The number of H-pyrrole nitrogens is 2. The minimum Gasteiger partial charge on any atom is -0.508 e. The summed E-state index contributed by atoms with van der Waals surface area (Å²) in [5.74, 6) is -20.8. The van der Waals surface area contributed by atoms with Gasteiger partial charge in [-0.3, -0.25) is 106 Å². The first-order valence-corrected chi connectivity index (χ1v) is 53.3. The number of nitrogens with zero attached hydrogens (tertiary/aromatic N) is 3. The maximum absolute atomic E-state index is 15.0. The van der Waals surface area contributed by atoms with Crippen molar-refractivity contribution >= 4 is 190 Å². The number of phenolic OH excluding ortho intramolecular Hbond substituents is 1. The smallest absolute Gasteiger partial charge is 0.322 e. The molecule has 55 heteroatoms. The van der Waals surface area contributed by atoms with Crippen LogP contribution in [0, 0.1) is 23.2 Å². The Bertz CT molecular complexity index is 5310. The van der Waals surface area contributed by atoms with E-state index < -0.39 is 278 Å². The van der Waals surface area contributed by atoms with Crippen LogP contribution in [0.2, 0.25) is 0 Å². The normalized spacial score (nSPS) is 16.3. The van der Waals surface area contributed by atoms with Crippen LogP contribution in [0.15, 0.2) is 67.3 Å². The number of aliphatic hydroxyl groups is 1. The molecule has 0 bridgehead atoms. The number of likely N-dealkylation sites (tertiary alicyclic amines) is 2. The van der Waals surface area contributed by atoms with Crippen molar-refractivity contribution < 1.29 is 116 Å². The van der Waals surface area contributed by atoms with Crippen molar-refractivity contribution in [3.8, 4) is 5.75 Å². The molecular formula is C95H145N27O24S4. The number of carboxylic acid groups (broad SMARTS) is 1. The van der Waals surface area contributed by atoms with E-state index in [1.54, 1.807) is 84.5 Å². The maximum atomic E-state index is 15.0. The van der Waals surface area contributed by atoms with Crippen LogP contribution in [0.3, 0.4) is 0 Å². The molecule has 0 spiro atoms. The van der Waals surface area contributed by atoms with Gasteiger partial charge < -0.3 is 148 Å². The minimum absolute atomic E-state index is 0.00379. The number of carbonyl (C=O) groups is 21. The lowest BCUT2D eigenvalue weighted by Gasteiger charge is -2.31. The number of thioether (sulfide) groups is 2. The molecule has 0 unspecified atom stereocenters. The van der Waals surface area contributed by atoms with Crippen molar-refractivity contribution in [3.63, 3.8) is 0 Å². The van der Waals surface area contributed by atoms with Gasteiger partial charge in [0.1, 0.15) is 109 Å². The fraction of sp³-hybridized carbons (Fsp3) is 0.589. The molecule has 2 aromatic heterocycles. The van der Waals surface area contributed by atoms with Crippen molar-refractivity contribution in [2.75, 3.05) is 81.3 Å². The first kappa shape index (κ1) is 125. The van der Waals surface area contributed by atoms with E-state index in [4.69, 9.17) is 22.6 Å². The Morgan fingerprint density at radius 2 is 0.960 bits per heavy atom. The highest BCUT2D eigenvalue weighted by Crippen LogP contribution is 2.25. The fourth-order valence-electron chi connectivity index (χ4n) is 16.3. The molecule has 150 heavy (non-hydrogen) atoms. The average molecular weight is 2180 g/mol. The Morgan fingerprint density at radius 3 is 1.51 bits per heavy atom. The number of aromatic hydroxyl groups is 1. The number of phenols is 1. The van der Waals surface area contributed by atoms with Crippen molar-refractivity contribution in [1.29, 1.82) is 5.41 Å². The summed E-state index contributed by atoms with van der Waals surface area (Å²) in [7, 11) is 0. The quantitative estimate of drug-likeness (QED) is 0.00846. The molecule has 30 N–H and O–H groups in total. The average Bonchev–Trinajstić information content (AvgIpc) is 1.65. The highest BCUT2D eigenvalue weighted by Gasteiger charge is 2.44. The van der Waals surface area contributed by atoms with Gasteiger partial charge >= 0.3 is 5.97 Å². The molecule has 6 rings (SSSR count). The van der Waals surface area contributed by atoms with Crippen LogP contribution < -0.4 is 113 Å². The number of para-hydroxylation sites is 1. The van der Waals surface area contributed by atoms with Crippen LogP contribution in [-0.2, 0) is 120 Å². The number of carbonyl (C=O) groups excluding carboxylic acids is 20. The molecule has 0 saturated carbocycles. The summed E-state index contributed by atoms with van der Waals surface area (Å²) >= 11 is 11.3. The number of aliphatic carboxylic acids is 1. The van der Waals surface area contributed by atoms with Crippen LogP contribution in [0.25, 0.3) is 10.9 Å². The van der Waals surface area contributed by atoms with E-state index in [1.165, 1.54) is 79.1 Å². The van der Waals surface area contributed by atoms with Gasteiger partial charge in [-0.05, 0) is 156 Å². The predicted molar refractivity (Wildman–Crippen MR) is 561 cm³/mol. The SMILES string of the molecule is CSCC[C@H](NC(=O)[C@H](Cc1cnc[nH]1)NC(=O)[C@H](CS)NC(=O)[C@H](C)NC(=O)[C@H](Cc1ccc(O)cc1)NC(=O)[C@H](CC(C)C)NC(=O)CNC(=O)CN)C(=O)NCC(=O)N1CCC[C@H]1C(=O)N[C@@H](CCSC)C(=O)N[C@H](C(=O)N[C@@H](Cc1c[nH]c2ccccc12)C(=O)N[C@H](C(=O)N[C@@H](CS)C(=O)N[C@@H](CCC(N)=O)C(=O)N1CCC[C@H]1C(=O)N[C@@H](CC(C)C)C(=O)N[C@@H](CCCNC(=N)N)C(=O)NCC(=O)O)C(C)C)[C@@H](C)O. The van der Waals surface area contributed by atoms with Gasteiger partial charge in [-0.1, -0.05) is 71.9 Å².